The molecule has 1 unspecified atom stereocenters. The van der Waals surface area contributed by atoms with Crippen molar-refractivity contribution < 1.29 is 0 Å². The van der Waals surface area contributed by atoms with Crippen LogP contribution in [0.15, 0.2) is 17.5 Å². The number of hydrogen-bond donors (Lipinski definition) is 1. The third kappa shape index (κ3) is 3.04. The highest BCUT2D eigenvalue weighted by molar-refractivity contribution is 7.10. The highest BCUT2D eigenvalue weighted by Gasteiger charge is 2.18. The average molecular weight is 239 g/mol. The van der Waals surface area contributed by atoms with Crippen molar-refractivity contribution in [3.05, 3.63) is 22.4 Å². The summed E-state index contributed by atoms with van der Waals surface area (Å²) in [7, 11) is 2.19. The Morgan fingerprint density at radius 1 is 1.38 bits per heavy atom. The summed E-state index contributed by atoms with van der Waals surface area (Å²) in [6.07, 6.45) is 1.15. The van der Waals surface area contributed by atoms with Crippen LogP contribution in [-0.2, 0) is 0 Å². The van der Waals surface area contributed by atoms with Gasteiger partial charge in [-0.2, -0.15) is 0 Å². The zero-order valence-electron chi connectivity index (χ0n) is 10.1. The molecule has 1 saturated heterocycles. The van der Waals surface area contributed by atoms with Crippen molar-refractivity contribution in [1.82, 2.24) is 15.3 Å². The molecule has 0 amide bonds. The highest BCUT2D eigenvalue weighted by Crippen LogP contribution is 2.22. The second kappa shape index (κ2) is 5.77. The highest BCUT2D eigenvalue weighted by atomic mass is 32.1. The number of likely N-dealkylation sites (N-methyl/N-ethyl adjacent to an activating group) is 1. The standard InChI is InChI=1S/C12H21N3S/c1-3-11(12-5-4-10-16-12)13-15-8-6-14(2)7-9-15/h4-5,10-11,13H,3,6-9H2,1-2H3. The van der Waals surface area contributed by atoms with Crippen molar-refractivity contribution in [2.75, 3.05) is 33.2 Å². The number of thiophene rings is 1. The third-order valence-corrected chi connectivity index (χ3v) is 4.12. The molecule has 16 heavy (non-hydrogen) atoms. The van der Waals surface area contributed by atoms with Crippen molar-refractivity contribution in [3.63, 3.8) is 0 Å². The van der Waals surface area contributed by atoms with E-state index in [1.165, 1.54) is 4.88 Å². The van der Waals surface area contributed by atoms with E-state index in [1.54, 1.807) is 0 Å². The lowest BCUT2D eigenvalue weighted by atomic mass is 10.2. The van der Waals surface area contributed by atoms with Crippen molar-refractivity contribution in [2.45, 2.75) is 19.4 Å². The normalized spacial score (nSPS) is 21.1. The topological polar surface area (TPSA) is 18.5 Å². The van der Waals surface area contributed by atoms with Gasteiger partial charge in [0, 0.05) is 31.1 Å². The van der Waals surface area contributed by atoms with Crippen molar-refractivity contribution in [2.24, 2.45) is 0 Å². The van der Waals surface area contributed by atoms with E-state index in [1.807, 2.05) is 11.3 Å². The van der Waals surface area contributed by atoms with E-state index in [0.29, 0.717) is 6.04 Å². The zero-order valence-corrected chi connectivity index (χ0v) is 11.0. The number of nitrogens with zero attached hydrogens (tertiary/aromatic N) is 2. The predicted octanol–water partition coefficient (Wildman–Crippen LogP) is 1.95. The van der Waals surface area contributed by atoms with Crippen molar-refractivity contribution in [1.29, 1.82) is 0 Å². The molecule has 0 spiro atoms. The number of piperazine rings is 1. The van der Waals surface area contributed by atoms with Crippen LogP contribution in [-0.4, -0.2) is 43.1 Å². The first-order valence-corrected chi connectivity index (χ1v) is 6.90. The van der Waals surface area contributed by atoms with Gasteiger partial charge < -0.3 is 4.90 Å². The number of hydrogen-bond acceptors (Lipinski definition) is 4. The van der Waals surface area contributed by atoms with Gasteiger partial charge in [-0.1, -0.05) is 13.0 Å². The summed E-state index contributed by atoms with van der Waals surface area (Å²) in [6.45, 7) is 6.81. The monoisotopic (exact) mass is 239 g/mol. The molecule has 1 aromatic heterocycles. The minimum Gasteiger partial charge on any atom is -0.304 e. The van der Waals surface area contributed by atoms with Crippen molar-refractivity contribution in [3.8, 4) is 0 Å². The van der Waals surface area contributed by atoms with Crippen LogP contribution in [0.3, 0.4) is 0 Å². The molecule has 2 rings (SSSR count). The molecule has 1 atom stereocenters. The van der Waals surface area contributed by atoms with Gasteiger partial charge in [0.1, 0.15) is 0 Å². The molecule has 1 fully saturated rings. The van der Waals surface area contributed by atoms with Crippen LogP contribution in [0.1, 0.15) is 24.3 Å². The van der Waals surface area contributed by atoms with Crippen LogP contribution < -0.4 is 5.43 Å². The maximum atomic E-state index is 3.65. The first-order chi connectivity index (χ1) is 7.79. The molecule has 0 radical (unpaired) electrons. The minimum absolute atomic E-state index is 0.489. The average Bonchev–Trinajstić information content (AvgIpc) is 2.82. The van der Waals surface area contributed by atoms with E-state index in [4.69, 9.17) is 0 Å². The zero-order chi connectivity index (χ0) is 11.4. The van der Waals surface area contributed by atoms with E-state index >= 15 is 0 Å². The first kappa shape index (κ1) is 12.0. The maximum absolute atomic E-state index is 3.65. The Bertz CT molecular complexity index is 291. The second-order valence-electron chi connectivity index (χ2n) is 4.40. The maximum Gasteiger partial charge on any atom is 0.0555 e. The molecule has 0 aliphatic carbocycles. The fourth-order valence-electron chi connectivity index (χ4n) is 2.00. The summed E-state index contributed by atoms with van der Waals surface area (Å²) in [5.41, 5.74) is 3.65. The van der Waals surface area contributed by atoms with E-state index in [2.05, 4.69) is 46.8 Å². The van der Waals surface area contributed by atoms with Gasteiger partial charge in [0.15, 0.2) is 0 Å². The third-order valence-electron chi connectivity index (χ3n) is 3.14. The minimum atomic E-state index is 0.489. The van der Waals surface area contributed by atoms with Gasteiger partial charge in [-0.3, -0.25) is 0 Å². The van der Waals surface area contributed by atoms with Gasteiger partial charge >= 0.3 is 0 Å². The van der Waals surface area contributed by atoms with Gasteiger partial charge in [0.25, 0.3) is 0 Å². The van der Waals surface area contributed by atoms with Gasteiger partial charge in [-0.25, -0.2) is 10.4 Å². The Morgan fingerprint density at radius 2 is 2.12 bits per heavy atom. The first-order valence-electron chi connectivity index (χ1n) is 6.02. The molecule has 0 aromatic carbocycles. The molecule has 90 valence electrons. The Hall–Kier alpha value is -0.420. The van der Waals surface area contributed by atoms with Crippen molar-refractivity contribution >= 4 is 11.3 Å². The van der Waals surface area contributed by atoms with Gasteiger partial charge in [0.05, 0.1) is 6.04 Å². The van der Waals surface area contributed by atoms with Gasteiger partial charge in [0.2, 0.25) is 0 Å². The molecule has 3 nitrogen and oxygen atoms in total. The van der Waals surface area contributed by atoms with Crippen LogP contribution >= 0.6 is 11.3 Å². The summed E-state index contributed by atoms with van der Waals surface area (Å²) in [5.74, 6) is 0. The lowest BCUT2D eigenvalue weighted by Gasteiger charge is -2.35. The SMILES string of the molecule is CCC(NN1CCN(C)CC1)c1cccs1. The Balaban J connectivity index is 1.87. The molecule has 0 saturated carbocycles. The molecule has 1 aliphatic rings. The summed E-state index contributed by atoms with van der Waals surface area (Å²) in [4.78, 5) is 3.83. The second-order valence-corrected chi connectivity index (χ2v) is 5.37. The molecule has 1 aromatic rings. The molecule has 0 bridgehead atoms. The van der Waals surface area contributed by atoms with Crippen LogP contribution in [0, 0.1) is 0 Å². The quantitative estimate of drug-likeness (QED) is 0.866. The smallest absolute Gasteiger partial charge is 0.0555 e. The molecular formula is C12H21N3S. The predicted molar refractivity (Wildman–Crippen MR) is 69.6 cm³/mol. The molecular weight excluding hydrogens is 218 g/mol. The summed E-state index contributed by atoms with van der Waals surface area (Å²) < 4.78 is 0. The summed E-state index contributed by atoms with van der Waals surface area (Å²) >= 11 is 1.85. The lowest BCUT2D eigenvalue weighted by Crippen LogP contribution is -2.51. The van der Waals surface area contributed by atoms with Crippen LogP contribution in [0.4, 0.5) is 0 Å². The number of nitrogens with one attached hydrogen (secondary N) is 1. The number of hydrazine groups is 1. The Morgan fingerprint density at radius 3 is 2.69 bits per heavy atom. The largest absolute Gasteiger partial charge is 0.304 e. The molecule has 2 heterocycles. The summed E-state index contributed by atoms with van der Waals surface area (Å²) in [5, 5.41) is 4.53. The number of rotatable bonds is 4. The fourth-order valence-corrected chi connectivity index (χ4v) is 2.86. The molecule has 1 N–H and O–H groups in total. The Kier molecular flexibility index (Phi) is 4.35. The van der Waals surface area contributed by atoms with Crippen LogP contribution in [0.25, 0.3) is 0 Å². The fraction of sp³-hybridized carbons (Fsp3) is 0.667. The van der Waals surface area contributed by atoms with E-state index in [-0.39, 0.29) is 0 Å². The Labute approximate surface area is 102 Å². The van der Waals surface area contributed by atoms with E-state index in [9.17, 15) is 0 Å². The van der Waals surface area contributed by atoms with E-state index in [0.717, 1.165) is 32.6 Å². The molecule has 1 aliphatic heterocycles. The van der Waals surface area contributed by atoms with Gasteiger partial charge in [-0.15, -0.1) is 11.3 Å². The van der Waals surface area contributed by atoms with Crippen LogP contribution in [0.5, 0.6) is 0 Å². The summed E-state index contributed by atoms with van der Waals surface area (Å²) in [6, 6.07) is 4.85. The van der Waals surface area contributed by atoms with Gasteiger partial charge in [-0.05, 0) is 24.9 Å². The van der Waals surface area contributed by atoms with E-state index < -0.39 is 0 Å². The lowest BCUT2D eigenvalue weighted by molar-refractivity contribution is 0.0863. The molecule has 4 heteroatoms. The van der Waals surface area contributed by atoms with Crippen LogP contribution in [0.2, 0.25) is 0 Å².